The van der Waals surface area contributed by atoms with Crippen molar-refractivity contribution in [1.82, 2.24) is 20.0 Å². The Bertz CT molecular complexity index is 780. The van der Waals surface area contributed by atoms with Crippen LogP contribution in [0.5, 0.6) is 0 Å². The van der Waals surface area contributed by atoms with Gasteiger partial charge in [0, 0.05) is 44.7 Å². The van der Waals surface area contributed by atoms with E-state index in [9.17, 15) is 9.59 Å². The highest BCUT2D eigenvalue weighted by Gasteiger charge is 2.44. The molecule has 3 rings (SSSR count). The maximum atomic E-state index is 13.0. The Balaban J connectivity index is 1.75. The SMILES string of the molecule is COCCNC(=O)C1(n2cccn2)CCN(C(=O)c2ccccc2C)CC1. The Hall–Kier alpha value is -2.67. The van der Waals surface area contributed by atoms with Crippen molar-refractivity contribution in [1.29, 1.82) is 0 Å². The summed E-state index contributed by atoms with van der Waals surface area (Å²) in [4.78, 5) is 27.7. The zero-order valence-electron chi connectivity index (χ0n) is 15.9. The number of methoxy groups -OCH3 is 1. The first-order valence-electron chi connectivity index (χ1n) is 9.21. The molecule has 1 saturated heterocycles. The Morgan fingerprint density at radius 3 is 2.59 bits per heavy atom. The van der Waals surface area contributed by atoms with E-state index in [-0.39, 0.29) is 11.8 Å². The van der Waals surface area contributed by atoms with Gasteiger partial charge < -0.3 is 15.0 Å². The molecule has 0 atom stereocenters. The van der Waals surface area contributed by atoms with Crippen molar-refractivity contribution in [3.05, 3.63) is 53.9 Å². The minimum atomic E-state index is -0.778. The number of nitrogens with one attached hydrogen (secondary N) is 1. The van der Waals surface area contributed by atoms with Crippen LogP contribution in [0.25, 0.3) is 0 Å². The smallest absolute Gasteiger partial charge is 0.254 e. The molecule has 1 aromatic carbocycles. The van der Waals surface area contributed by atoms with Crippen molar-refractivity contribution in [2.75, 3.05) is 33.4 Å². The third-order valence-corrected chi connectivity index (χ3v) is 5.21. The van der Waals surface area contributed by atoms with Crippen LogP contribution in [0.15, 0.2) is 42.7 Å². The van der Waals surface area contributed by atoms with E-state index >= 15 is 0 Å². The number of hydrogen-bond acceptors (Lipinski definition) is 4. The fourth-order valence-electron chi connectivity index (χ4n) is 3.58. The molecule has 7 heteroatoms. The van der Waals surface area contributed by atoms with Gasteiger partial charge in [0.05, 0.1) is 6.61 Å². The summed E-state index contributed by atoms with van der Waals surface area (Å²) in [7, 11) is 1.60. The standard InChI is InChI=1S/C20H26N4O3/c1-16-6-3-4-7-17(16)18(25)23-13-8-20(9-14-23,24-12-5-10-22-24)19(26)21-11-15-27-2/h3-7,10,12H,8-9,11,13-15H2,1-2H3,(H,21,26). The van der Waals surface area contributed by atoms with Gasteiger partial charge in [0.1, 0.15) is 5.54 Å². The number of rotatable bonds is 6. The zero-order valence-corrected chi connectivity index (χ0v) is 15.9. The quantitative estimate of drug-likeness (QED) is 0.784. The lowest BCUT2D eigenvalue weighted by atomic mass is 9.86. The van der Waals surface area contributed by atoms with Crippen LogP contribution in [0, 0.1) is 6.92 Å². The molecule has 144 valence electrons. The van der Waals surface area contributed by atoms with Crippen LogP contribution in [-0.4, -0.2) is 59.8 Å². The first kappa shape index (κ1) is 19.1. The molecule has 0 bridgehead atoms. The van der Waals surface area contributed by atoms with Gasteiger partial charge in [-0.05, 0) is 37.5 Å². The van der Waals surface area contributed by atoms with E-state index in [0.29, 0.717) is 44.6 Å². The number of hydrogen-bond donors (Lipinski definition) is 1. The number of ether oxygens (including phenoxy) is 1. The Morgan fingerprint density at radius 2 is 1.96 bits per heavy atom. The summed E-state index contributed by atoms with van der Waals surface area (Å²) < 4.78 is 6.75. The number of aromatic nitrogens is 2. The largest absolute Gasteiger partial charge is 0.383 e. The lowest BCUT2D eigenvalue weighted by Crippen LogP contribution is -2.56. The van der Waals surface area contributed by atoms with E-state index in [1.165, 1.54) is 0 Å². The molecule has 1 N–H and O–H groups in total. The van der Waals surface area contributed by atoms with Gasteiger partial charge in [-0.1, -0.05) is 18.2 Å². The van der Waals surface area contributed by atoms with Crippen LogP contribution in [0.1, 0.15) is 28.8 Å². The number of carbonyl (C=O) groups is 2. The Kier molecular flexibility index (Phi) is 5.91. The molecular formula is C20H26N4O3. The average Bonchev–Trinajstić information content (AvgIpc) is 3.23. The fourth-order valence-corrected chi connectivity index (χ4v) is 3.58. The second kappa shape index (κ2) is 8.35. The number of piperidine rings is 1. The monoisotopic (exact) mass is 370 g/mol. The summed E-state index contributed by atoms with van der Waals surface area (Å²) in [6.07, 6.45) is 4.53. The summed E-state index contributed by atoms with van der Waals surface area (Å²) in [5.41, 5.74) is 0.900. The van der Waals surface area contributed by atoms with Gasteiger partial charge in [0.2, 0.25) is 5.91 Å². The molecule has 2 aromatic rings. The predicted molar refractivity (Wildman–Crippen MR) is 101 cm³/mol. The molecule has 1 fully saturated rings. The number of amides is 2. The molecule has 27 heavy (non-hydrogen) atoms. The summed E-state index contributed by atoms with van der Waals surface area (Å²) in [6.45, 7) is 3.85. The molecule has 7 nitrogen and oxygen atoms in total. The van der Waals surface area contributed by atoms with Gasteiger partial charge in [0.15, 0.2) is 0 Å². The molecule has 0 saturated carbocycles. The van der Waals surface area contributed by atoms with Crippen LogP contribution < -0.4 is 5.32 Å². The maximum absolute atomic E-state index is 13.0. The molecule has 0 radical (unpaired) electrons. The molecule has 1 aliphatic rings. The second-order valence-electron chi connectivity index (χ2n) is 6.84. The van der Waals surface area contributed by atoms with Crippen LogP contribution in [0.2, 0.25) is 0 Å². The molecule has 0 spiro atoms. The summed E-state index contributed by atoms with van der Waals surface area (Å²) in [5, 5.41) is 7.26. The van der Waals surface area contributed by atoms with Crippen LogP contribution >= 0.6 is 0 Å². The number of aryl methyl sites for hydroxylation is 1. The number of likely N-dealkylation sites (tertiary alicyclic amines) is 1. The summed E-state index contributed by atoms with van der Waals surface area (Å²) >= 11 is 0. The van der Waals surface area contributed by atoms with Gasteiger partial charge in [-0.3, -0.25) is 14.3 Å². The van der Waals surface area contributed by atoms with Gasteiger partial charge >= 0.3 is 0 Å². The lowest BCUT2D eigenvalue weighted by Gasteiger charge is -2.40. The molecular weight excluding hydrogens is 344 g/mol. The van der Waals surface area contributed by atoms with E-state index in [0.717, 1.165) is 5.56 Å². The normalized spacial score (nSPS) is 16.1. The highest BCUT2D eigenvalue weighted by molar-refractivity contribution is 5.96. The van der Waals surface area contributed by atoms with Gasteiger partial charge in [-0.25, -0.2) is 0 Å². The molecule has 1 aromatic heterocycles. The van der Waals surface area contributed by atoms with Crippen LogP contribution in [-0.2, 0) is 15.1 Å². The molecule has 2 heterocycles. The third kappa shape index (κ3) is 3.88. The second-order valence-corrected chi connectivity index (χ2v) is 6.84. The molecule has 2 amide bonds. The van der Waals surface area contributed by atoms with E-state index in [2.05, 4.69) is 10.4 Å². The highest BCUT2D eigenvalue weighted by Crippen LogP contribution is 2.31. The van der Waals surface area contributed by atoms with E-state index in [1.54, 1.807) is 18.0 Å². The van der Waals surface area contributed by atoms with Gasteiger partial charge in [0.25, 0.3) is 5.91 Å². The van der Waals surface area contributed by atoms with Crippen LogP contribution in [0.4, 0.5) is 0 Å². The fraction of sp³-hybridized carbons (Fsp3) is 0.450. The topological polar surface area (TPSA) is 76.5 Å². The van der Waals surface area contributed by atoms with E-state index in [1.807, 2.05) is 48.4 Å². The van der Waals surface area contributed by atoms with Crippen molar-refractivity contribution < 1.29 is 14.3 Å². The first-order chi connectivity index (χ1) is 13.1. The van der Waals surface area contributed by atoms with E-state index < -0.39 is 5.54 Å². The van der Waals surface area contributed by atoms with Crippen molar-refractivity contribution in [3.8, 4) is 0 Å². The van der Waals surface area contributed by atoms with Crippen LogP contribution in [0.3, 0.4) is 0 Å². The summed E-state index contributed by atoms with van der Waals surface area (Å²) in [5.74, 6) is -0.0619. The highest BCUT2D eigenvalue weighted by atomic mass is 16.5. The minimum Gasteiger partial charge on any atom is -0.383 e. The Morgan fingerprint density at radius 1 is 1.22 bits per heavy atom. The van der Waals surface area contributed by atoms with Gasteiger partial charge in [-0.2, -0.15) is 5.10 Å². The summed E-state index contributed by atoms with van der Waals surface area (Å²) in [6, 6.07) is 9.41. The number of benzene rings is 1. The van der Waals surface area contributed by atoms with E-state index in [4.69, 9.17) is 4.74 Å². The Labute approximate surface area is 159 Å². The lowest BCUT2D eigenvalue weighted by molar-refractivity contribution is -0.133. The zero-order chi connectivity index (χ0) is 19.3. The molecule has 0 unspecified atom stereocenters. The van der Waals surface area contributed by atoms with Crippen molar-refractivity contribution >= 4 is 11.8 Å². The molecule has 1 aliphatic heterocycles. The molecule has 0 aliphatic carbocycles. The van der Waals surface area contributed by atoms with Crippen molar-refractivity contribution in [2.45, 2.75) is 25.3 Å². The third-order valence-electron chi connectivity index (χ3n) is 5.21. The predicted octanol–water partition coefficient (Wildman–Crippen LogP) is 1.59. The van der Waals surface area contributed by atoms with Crippen molar-refractivity contribution in [2.24, 2.45) is 0 Å². The van der Waals surface area contributed by atoms with Gasteiger partial charge in [-0.15, -0.1) is 0 Å². The maximum Gasteiger partial charge on any atom is 0.254 e. The number of nitrogens with zero attached hydrogens (tertiary/aromatic N) is 3. The average molecular weight is 370 g/mol. The minimum absolute atomic E-state index is 0.0157. The number of carbonyl (C=O) groups excluding carboxylic acids is 2. The first-order valence-corrected chi connectivity index (χ1v) is 9.21. The van der Waals surface area contributed by atoms with Crippen molar-refractivity contribution in [3.63, 3.8) is 0 Å².